The van der Waals surface area contributed by atoms with Crippen LogP contribution in [0.1, 0.15) is 54.4 Å². The number of nitrogens with one attached hydrogen (secondary N) is 2. The Morgan fingerprint density at radius 1 is 0.677 bits per heavy atom. The van der Waals surface area contributed by atoms with Gasteiger partial charge in [0.25, 0.3) is 0 Å². The summed E-state index contributed by atoms with van der Waals surface area (Å²) in [7, 11) is 0. The maximum Gasteiger partial charge on any atom is 2.00 e. The number of hydrogen-bond acceptors (Lipinski definition) is 10. The van der Waals surface area contributed by atoms with Crippen LogP contribution in [-0.4, -0.2) is 107 Å². The molecule has 0 bridgehead atoms. The van der Waals surface area contributed by atoms with Crippen LogP contribution in [0.15, 0.2) is 0 Å². The van der Waals surface area contributed by atoms with Gasteiger partial charge in [-0.3, -0.25) is 20.2 Å². The molecule has 2 unspecified atom stereocenters. The van der Waals surface area contributed by atoms with Crippen molar-refractivity contribution in [3.05, 3.63) is 0 Å². The van der Waals surface area contributed by atoms with E-state index in [0.717, 1.165) is 0 Å². The van der Waals surface area contributed by atoms with Crippen molar-refractivity contribution in [1.29, 1.82) is 0 Å². The molecular formula is C18H32CaN2O10. The van der Waals surface area contributed by atoms with Gasteiger partial charge in [0, 0.05) is 25.0 Å². The Labute approximate surface area is 211 Å². The van der Waals surface area contributed by atoms with Gasteiger partial charge < -0.3 is 40.2 Å². The van der Waals surface area contributed by atoms with E-state index in [1.54, 1.807) is 0 Å². The molecule has 0 rings (SSSR count). The van der Waals surface area contributed by atoms with E-state index in [1.807, 2.05) is 0 Å². The summed E-state index contributed by atoms with van der Waals surface area (Å²) in [5.41, 5.74) is -6.21. The quantitative estimate of drug-likeness (QED) is 0.120. The molecule has 13 heteroatoms. The van der Waals surface area contributed by atoms with Crippen molar-refractivity contribution in [3.8, 4) is 0 Å². The predicted octanol–water partition coefficient (Wildman–Crippen LogP) is -3.31. The second kappa shape index (κ2) is 13.5. The molecule has 0 amide bonds. The van der Waals surface area contributed by atoms with Gasteiger partial charge in [-0.05, 0) is 54.4 Å². The average molecular weight is 477 g/mol. The largest absolute Gasteiger partial charge is 2.00 e. The standard InChI is InChI=1S/2C9H17NO5.Ca/c2*1-8(2,7(13)14)9(3,15)10-5-4-6(11)12;/h2*10,15H,4-5H2,1-3H3,(H,11,12)(H,13,14);/q;;+2/p-2. The molecule has 12 nitrogen and oxygen atoms in total. The van der Waals surface area contributed by atoms with Crippen LogP contribution in [0.2, 0.25) is 0 Å². The summed E-state index contributed by atoms with van der Waals surface area (Å²) in [5, 5.41) is 62.5. The normalized spacial score (nSPS) is 15.2. The topological polar surface area (TPSA) is 219 Å². The summed E-state index contributed by atoms with van der Waals surface area (Å²) in [6, 6.07) is 0. The third-order valence-corrected chi connectivity index (χ3v) is 5.10. The van der Waals surface area contributed by atoms with Crippen LogP contribution in [0, 0.1) is 10.8 Å². The van der Waals surface area contributed by atoms with Crippen molar-refractivity contribution in [2.24, 2.45) is 10.8 Å². The van der Waals surface area contributed by atoms with Crippen LogP contribution in [0.25, 0.3) is 0 Å². The first-order chi connectivity index (χ1) is 13.2. The maximum absolute atomic E-state index is 10.8. The van der Waals surface area contributed by atoms with Crippen LogP contribution in [0.4, 0.5) is 0 Å². The molecule has 176 valence electrons. The van der Waals surface area contributed by atoms with E-state index < -0.39 is 46.2 Å². The van der Waals surface area contributed by atoms with Crippen molar-refractivity contribution in [2.75, 3.05) is 13.1 Å². The zero-order chi connectivity index (χ0) is 24.6. The van der Waals surface area contributed by atoms with Crippen LogP contribution < -0.4 is 20.8 Å². The Bertz CT molecular complexity index is 579. The average Bonchev–Trinajstić information content (AvgIpc) is 2.53. The monoisotopic (exact) mass is 476 g/mol. The van der Waals surface area contributed by atoms with Gasteiger partial charge in [-0.15, -0.1) is 0 Å². The third kappa shape index (κ3) is 11.4. The summed E-state index contributed by atoms with van der Waals surface area (Å²) in [5.74, 6) is -4.86. The van der Waals surface area contributed by atoms with E-state index in [1.165, 1.54) is 41.5 Å². The minimum Gasteiger partial charge on any atom is -0.550 e. The molecule has 0 aromatic rings. The van der Waals surface area contributed by atoms with Gasteiger partial charge in [-0.1, -0.05) is 0 Å². The third-order valence-electron chi connectivity index (χ3n) is 5.10. The summed E-state index contributed by atoms with van der Waals surface area (Å²) in [4.78, 5) is 41.9. The number of carboxylic acids is 4. The first kappa shape index (κ1) is 34.6. The Kier molecular flexibility index (Phi) is 15.1. The van der Waals surface area contributed by atoms with Crippen molar-refractivity contribution in [2.45, 2.75) is 65.8 Å². The molecule has 31 heavy (non-hydrogen) atoms. The molecule has 0 spiro atoms. The van der Waals surface area contributed by atoms with E-state index in [-0.39, 0.29) is 63.7 Å². The fourth-order valence-corrected chi connectivity index (χ4v) is 1.67. The first-order valence-corrected chi connectivity index (χ1v) is 9.03. The molecule has 0 aliphatic rings. The van der Waals surface area contributed by atoms with Crippen molar-refractivity contribution >= 4 is 61.6 Å². The van der Waals surface area contributed by atoms with E-state index in [4.69, 9.17) is 10.2 Å². The Morgan fingerprint density at radius 2 is 0.903 bits per heavy atom. The van der Waals surface area contributed by atoms with Gasteiger partial charge in [-0.2, -0.15) is 0 Å². The summed E-state index contributed by atoms with van der Waals surface area (Å²) < 4.78 is 0. The number of hydrogen-bond donors (Lipinski definition) is 6. The number of rotatable bonds is 12. The van der Waals surface area contributed by atoms with Gasteiger partial charge >= 0.3 is 49.7 Å². The molecule has 0 aliphatic carbocycles. The number of carboxylic acid groups (broad SMARTS) is 4. The van der Waals surface area contributed by atoms with Crippen molar-refractivity contribution in [1.82, 2.24) is 10.6 Å². The fraction of sp³-hybridized carbons (Fsp3) is 0.778. The molecule has 0 aromatic carbocycles. The molecule has 2 atom stereocenters. The maximum atomic E-state index is 10.8. The van der Waals surface area contributed by atoms with Crippen molar-refractivity contribution < 1.29 is 49.8 Å². The van der Waals surface area contributed by atoms with Crippen LogP contribution >= 0.6 is 0 Å². The molecule has 0 heterocycles. The zero-order valence-electron chi connectivity index (χ0n) is 18.8. The predicted molar refractivity (Wildman–Crippen MR) is 105 cm³/mol. The first-order valence-electron chi connectivity index (χ1n) is 9.03. The summed E-state index contributed by atoms with van der Waals surface area (Å²) >= 11 is 0. The minimum atomic E-state index is -1.69. The van der Waals surface area contributed by atoms with Gasteiger partial charge in [0.05, 0.1) is 0 Å². The molecule has 0 fully saturated rings. The van der Waals surface area contributed by atoms with E-state index >= 15 is 0 Å². The molecule has 6 N–H and O–H groups in total. The Morgan fingerprint density at radius 3 is 1.06 bits per heavy atom. The second-order valence-electron chi connectivity index (χ2n) is 8.10. The van der Waals surface area contributed by atoms with E-state index in [2.05, 4.69) is 10.6 Å². The Hall–Kier alpha value is -1.02. The van der Waals surface area contributed by atoms with Crippen LogP contribution in [0.5, 0.6) is 0 Å². The molecule has 0 aliphatic heterocycles. The number of carbonyl (C=O) groups excluding carboxylic acids is 2. The second-order valence-corrected chi connectivity index (χ2v) is 8.10. The van der Waals surface area contributed by atoms with E-state index in [0.29, 0.717) is 0 Å². The van der Waals surface area contributed by atoms with Gasteiger partial charge in [-0.25, -0.2) is 0 Å². The SMILES string of the molecule is CC(O)(NCCC(=O)[O-])C(C)(C)C(=O)O.CC(O)(NCCC(=O)[O-])C(C)(C)C(=O)O.[Ca+2]. The zero-order valence-corrected chi connectivity index (χ0v) is 21.0. The summed E-state index contributed by atoms with van der Waals surface area (Å²) in [6.45, 7) is 7.87. The van der Waals surface area contributed by atoms with Crippen LogP contribution in [0.3, 0.4) is 0 Å². The minimum absolute atomic E-state index is 0. The van der Waals surface area contributed by atoms with Gasteiger partial charge in [0.15, 0.2) is 0 Å². The number of aliphatic carboxylic acids is 4. The van der Waals surface area contributed by atoms with E-state index in [9.17, 15) is 39.6 Å². The molecule has 0 saturated carbocycles. The van der Waals surface area contributed by atoms with Gasteiger partial charge in [0.1, 0.15) is 22.3 Å². The van der Waals surface area contributed by atoms with Gasteiger partial charge in [0.2, 0.25) is 0 Å². The smallest absolute Gasteiger partial charge is 0.550 e. The molecule has 0 aromatic heterocycles. The van der Waals surface area contributed by atoms with Crippen molar-refractivity contribution in [3.63, 3.8) is 0 Å². The number of aliphatic hydroxyl groups is 2. The summed E-state index contributed by atoms with van der Waals surface area (Å²) in [6.07, 6.45) is -0.572. The Balaban J connectivity index is -0.000000490. The molecule has 0 saturated heterocycles. The fourth-order valence-electron chi connectivity index (χ4n) is 1.67. The number of carbonyl (C=O) groups is 4. The molecular weight excluding hydrogens is 444 g/mol. The molecule has 0 radical (unpaired) electrons. The van der Waals surface area contributed by atoms with Crippen LogP contribution in [-0.2, 0) is 19.2 Å².